The van der Waals surface area contributed by atoms with Crippen LogP contribution in [0, 0.1) is 10.1 Å². The minimum atomic E-state index is -0.621. The summed E-state index contributed by atoms with van der Waals surface area (Å²) in [5.74, 6) is -0.375. The first kappa shape index (κ1) is 13.8. The molecule has 0 atom stereocenters. The molecule has 0 saturated carbocycles. The van der Waals surface area contributed by atoms with Crippen molar-refractivity contribution < 1.29 is 14.5 Å². The molecular formula is C12H13ClN2O4. The number of carbonyl (C=O) groups is 1. The summed E-state index contributed by atoms with van der Waals surface area (Å²) in [6, 6.07) is 4.37. The quantitative estimate of drug-likeness (QED) is 0.616. The standard InChI is InChI=1S/C12H13ClN2O4/c13-10-4-1-3-9(11(10)15(17)18)12(16)14-5-2-7-19-8-6-14/h1,3-4H,2,5-8H2. The number of nitrogens with zero attached hydrogens (tertiary/aromatic N) is 2. The van der Waals surface area contributed by atoms with E-state index in [1.807, 2.05) is 0 Å². The van der Waals surface area contributed by atoms with E-state index in [-0.39, 0.29) is 22.2 Å². The Morgan fingerprint density at radius 1 is 1.37 bits per heavy atom. The molecule has 7 heteroatoms. The van der Waals surface area contributed by atoms with Gasteiger partial charge in [0.05, 0.1) is 11.5 Å². The largest absolute Gasteiger partial charge is 0.380 e. The molecule has 1 saturated heterocycles. The second kappa shape index (κ2) is 5.99. The van der Waals surface area contributed by atoms with Crippen LogP contribution in [0.1, 0.15) is 16.8 Å². The molecule has 1 aliphatic rings. The normalized spacial score (nSPS) is 15.9. The number of nitro groups is 1. The fourth-order valence-electron chi connectivity index (χ4n) is 1.99. The smallest absolute Gasteiger partial charge is 0.300 e. The van der Waals surface area contributed by atoms with Crippen molar-refractivity contribution in [1.29, 1.82) is 0 Å². The van der Waals surface area contributed by atoms with Crippen LogP contribution < -0.4 is 0 Å². The van der Waals surface area contributed by atoms with E-state index in [9.17, 15) is 14.9 Å². The molecule has 0 bridgehead atoms. The van der Waals surface area contributed by atoms with E-state index in [1.54, 1.807) is 4.90 Å². The third kappa shape index (κ3) is 3.02. The number of hydrogen-bond donors (Lipinski definition) is 0. The van der Waals surface area contributed by atoms with Crippen molar-refractivity contribution in [2.45, 2.75) is 6.42 Å². The summed E-state index contributed by atoms with van der Waals surface area (Å²) >= 11 is 5.80. The Labute approximate surface area is 115 Å². The van der Waals surface area contributed by atoms with Crippen LogP contribution in [0.5, 0.6) is 0 Å². The SMILES string of the molecule is O=C(c1cccc(Cl)c1[N+](=O)[O-])N1CCCOCC1. The van der Waals surface area contributed by atoms with Gasteiger partial charge in [-0.15, -0.1) is 0 Å². The van der Waals surface area contributed by atoms with Crippen molar-refractivity contribution in [2.75, 3.05) is 26.3 Å². The van der Waals surface area contributed by atoms with Crippen LogP contribution in [0.3, 0.4) is 0 Å². The van der Waals surface area contributed by atoms with Crippen molar-refractivity contribution in [3.63, 3.8) is 0 Å². The zero-order chi connectivity index (χ0) is 13.8. The van der Waals surface area contributed by atoms with E-state index in [4.69, 9.17) is 16.3 Å². The van der Waals surface area contributed by atoms with E-state index in [0.29, 0.717) is 26.3 Å². The van der Waals surface area contributed by atoms with Gasteiger partial charge in [0, 0.05) is 19.7 Å². The maximum Gasteiger partial charge on any atom is 0.300 e. The van der Waals surface area contributed by atoms with E-state index < -0.39 is 4.92 Å². The topological polar surface area (TPSA) is 72.7 Å². The van der Waals surface area contributed by atoms with Crippen LogP contribution in [0.2, 0.25) is 5.02 Å². The van der Waals surface area contributed by atoms with E-state index in [1.165, 1.54) is 18.2 Å². The molecule has 1 aromatic rings. The molecule has 1 fully saturated rings. The van der Waals surface area contributed by atoms with Crippen LogP contribution in [-0.2, 0) is 4.74 Å². The molecule has 0 aliphatic carbocycles. The summed E-state index contributed by atoms with van der Waals surface area (Å²) in [6.07, 6.45) is 0.722. The highest BCUT2D eigenvalue weighted by molar-refractivity contribution is 6.33. The van der Waals surface area contributed by atoms with Crippen molar-refractivity contribution >= 4 is 23.2 Å². The number of para-hydroxylation sites is 1. The second-order valence-corrected chi connectivity index (χ2v) is 4.56. The predicted molar refractivity (Wildman–Crippen MR) is 69.4 cm³/mol. The van der Waals surface area contributed by atoms with E-state index in [2.05, 4.69) is 0 Å². The second-order valence-electron chi connectivity index (χ2n) is 4.15. The number of benzene rings is 1. The van der Waals surface area contributed by atoms with Gasteiger partial charge in [-0.05, 0) is 18.6 Å². The lowest BCUT2D eigenvalue weighted by molar-refractivity contribution is -0.385. The number of halogens is 1. The van der Waals surface area contributed by atoms with Gasteiger partial charge in [-0.1, -0.05) is 17.7 Å². The predicted octanol–water partition coefficient (Wildman–Crippen LogP) is 2.11. The molecule has 1 aliphatic heterocycles. The first-order valence-corrected chi connectivity index (χ1v) is 6.29. The van der Waals surface area contributed by atoms with Gasteiger partial charge in [-0.3, -0.25) is 14.9 Å². The van der Waals surface area contributed by atoms with E-state index in [0.717, 1.165) is 6.42 Å². The van der Waals surface area contributed by atoms with Gasteiger partial charge in [0.2, 0.25) is 0 Å². The molecule has 0 spiro atoms. The Morgan fingerprint density at radius 2 is 2.16 bits per heavy atom. The highest BCUT2D eigenvalue weighted by Crippen LogP contribution is 2.29. The molecule has 1 heterocycles. The van der Waals surface area contributed by atoms with Gasteiger partial charge in [-0.2, -0.15) is 0 Å². The lowest BCUT2D eigenvalue weighted by Gasteiger charge is -2.19. The first-order chi connectivity index (χ1) is 9.11. The summed E-state index contributed by atoms with van der Waals surface area (Å²) in [5, 5.41) is 11.0. The first-order valence-electron chi connectivity index (χ1n) is 5.91. The van der Waals surface area contributed by atoms with Crippen LogP contribution in [-0.4, -0.2) is 42.0 Å². The fraction of sp³-hybridized carbons (Fsp3) is 0.417. The molecule has 0 radical (unpaired) electrons. The van der Waals surface area contributed by atoms with Gasteiger partial charge in [0.1, 0.15) is 10.6 Å². The highest BCUT2D eigenvalue weighted by atomic mass is 35.5. The van der Waals surface area contributed by atoms with Gasteiger partial charge in [0.15, 0.2) is 0 Å². The van der Waals surface area contributed by atoms with Gasteiger partial charge < -0.3 is 9.64 Å². The Hall–Kier alpha value is -1.66. The molecule has 2 rings (SSSR count). The van der Waals surface area contributed by atoms with Gasteiger partial charge in [-0.25, -0.2) is 0 Å². The zero-order valence-corrected chi connectivity index (χ0v) is 10.9. The average molecular weight is 285 g/mol. The van der Waals surface area contributed by atoms with Gasteiger partial charge in [0.25, 0.3) is 5.91 Å². The molecule has 1 aromatic carbocycles. The molecule has 0 N–H and O–H groups in total. The van der Waals surface area contributed by atoms with Crippen molar-refractivity contribution in [1.82, 2.24) is 4.90 Å². The minimum absolute atomic E-state index is 0.0260. The van der Waals surface area contributed by atoms with Crippen LogP contribution >= 0.6 is 11.6 Å². The number of amides is 1. The maximum absolute atomic E-state index is 12.3. The Morgan fingerprint density at radius 3 is 2.89 bits per heavy atom. The summed E-state index contributed by atoms with van der Waals surface area (Å²) < 4.78 is 5.26. The van der Waals surface area contributed by atoms with Crippen LogP contribution in [0.25, 0.3) is 0 Å². The maximum atomic E-state index is 12.3. The molecule has 0 unspecified atom stereocenters. The van der Waals surface area contributed by atoms with Crippen molar-refractivity contribution in [3.8, 4) is 0 Å². The zero-order valence-electron chi connectivity index (χ0n) is 10.2. The molecule has 1 amide bonds. The molecule has 0 aromatic heterocycles. The Balaban J connectivity index is 2.32. The number of nitro benzene ring substituents is 1. The van der Waals surface area contributed by atoms with Crippen molar-refractivity contribution in [3.05, 3.63) is 38.9 Å². The van der Waals surface area contributed by atoms with E-state index >= 15 is 0 Å². The number of hydrogen-bond acceptors (Lipinski definition) is 4. The lowest BCUT2D eigenvalue weighted by Crippen LogP contribution is -2.33. The number of ether oxygens (including phenoxy) is 1. The third-order valence-corrected chi connectivity index (χ3v) is 3.21. The molecule has 6 nitrogen and oxygen atoms in total. The average Bonchev–Trinajstić information content (AvgIpc) is 2.66. The lowest BCUT2D eigenvalue weighted by atomic mass is 10.1. The highest BCUT2D eigenvalue weighted by Gasteiger charge is 2.27. The van der Waals surface area contributed by atoms with Gasteiger partial charge >= 0.3 is 5.69 Å². The third-order valence-electron chi connectivity index (χ3n) is 2.91. The fourth-order valence-corrected chi connectivity index (χ4v) is 2.24. The summed E-state index contributed by atoms with van der Waals surface area (Å²) in [6.45, 7) is 2.01. The van der Waals surface area contributed by atoms with Crippen LogP contribution in [0.4, 0.5) is 5.69 Å². The Kier molecular flexibility index (Phi) is 4.34. The monoisotopic (exact) mass is 284 g/mol. The van der Waals surface area contributed by atoms with Crippen LogP contribution in [0.15, 0.2) is 18.2 Å². The molecule has 19 heavy (non-hydrogen) atoms. The number of carbonyl (C=O) groups excluding carboxylic acids is 1. The molecular weight excluding hydrogens is 272 g/mol. The Bertz CT molecular complexity index is 499. The molecule has 102 valence electrons. The number of rotatable bonds is 2. The summed E-state index contributed by atoms with van der Waals surface area (Å²) in [5.41, 5.74) is -0.307. The minimum Gasteiger partial charge on any atom is -0.380 e. The summed E-state index contributed by atoms with van der Waals surface area (Å²) in [7, 11) is 0. The van der Waals surface area contributed by atoms with Crippen molar-refractivity contribution in [2.24, 2.45) is 0 Å². The summed E-state index contributed by atoms with van der Waals surface area (Å²) in [4.78, 5) is 24.3.